The van der Waals surface area contributed by atoms with E-state index in [-0.39, 0.29) is 5.41 Å². The van der Waals surface area contributed by atoms with E-state index >= 15 is 0 Å². The van der Waals surface area contributed by atoms with Crippen molar-refractivity contribution in [3.8, 4) is 0 Å². The van der Waals surface area contributed by atoms with E-state index in [0.29, 0.717) is 11.5 Å². The van der Waals surface area contributed by atoms with Gasteiger partial charge in [0.05, 0.1) is 8.07 Å². The van der Waals surface area contributed by atoms with Crippen LogP contribution in [-0.4, -0.2) is 8.07 Å². The van der Waals surface area contributed by atoms with Gasteiger partial charge in [-0.15, -0.1) is 0 Å². The fourth-order valence-electron chi connectivity index (χ4n) is 6.64. The molecule has 184 valence electrons. The van der Waals surface area contributed by atoms with Crippen molar-refractivity contribution in [2.75, 3.05) is 0 Å². The predicted octanol–water partition coefficient (Wildman–Crippen LogP) is 9.87. The van der Waals surface area contributed by atoms with Crippen molar-refractivity contribution in [2.24, 2.45) is 0 Å². The first-order valence-corrected chi connectivity index (χ1v) is 16.5. The molecule has 2 aromatic carbocycles. The molecule has 0 fully saturated rings. The molecule has 0 saturated heterocycles. The zero-order chi connectivity index (χ0) is 25.7. The first-order chi connectivity index (χ1) is 17.1. The molecule has 0 saturated carbocycles. The lowest BCUT2D eigenvalue weighted by Gasteiger charge is -2.35. The minimum absolute atomic E-state index is 0.188. The van der Waals surface area contributed by atoms with E-state index < -0.39 is 8.07 Å². The van der Waals surface area contributed by atoms with Gasteiger partial charge >= 0.3 is 0 Å². The summed E-state index contributed by atoms with van der Waals surface area (Å²) in [6.45, 7) is 16.8. The molecule has 2 aromatic rings. The summed E-state index contributed by atoms with van der Waals surface area (Å²) in [5.41, 5.74) is 12.4. The minimum atomic E-state index is -1.82. The Hall–Kier alpha value is -2.90. The molecule has 1 heteroatoms. The van der Waals surface area contributed by atoms with Crippen LogP contribution in [0.3, 0.4) is 0 Å². The van der Waals surface area contributed by atoms with Crippen LogP contribution in [0.5, 0.6) is 0 Å². The maximum atomic E-state index is 2.60. The van der Waals surface area contributed by atoms with Gasteiger partial charge in [0.1, 0.15) is 0 Å². The standard InChI is InChI=1S/C35H40Si/c1-24-21-28(26-17-19-29(20-18-26)35(3,4)5)23-33(24)36(6,7)34-25(2)22-32-30(15-11-12-16-31(32)34)27-13-9-8-10-14-27/h8-22,30,34H,23H2,1-7H3. The van der Waals surface area contributed by atoms with Crippen LogP contribution in [0.15, 0.2) is 119 Å². The Kier molecular flexibility index (Phi) is 6.33. The number of rotatable bonds is 4. The van der Waals surface area contributed by atoms with E-state index in [1.165, 1.54) is 33.4 Å². The summed E-state index contributed by atoms with van der Waals surface area (Å²) in [5, 5.41) is 1.71. The predicted molar refractivity (Wildman–Crippen MR) is 160 cm³/mol. The van der Waals surface area contributed by atoms with Crippen LogP contribution in [-0.2, 0) is 5.41 Å². The molecular formula is C35H40Si. The highest BCUT2D eigenvalue weighted by Gasteiger charge is 2.43. The van der Waals surface area contributed by atoms with Crippen LogP contribution in [0.25, 0.3) is 5.57 Å². The molecule has 5 rings (SSSR count). The van der Waals surface area contributed by atoms with E-state index in [4.69, 9.17) is 0 Å². The third-order valence-electron chi connectivity index (χ3n) is 8.52. The van der Waals surface area contributed by atoms with Gasteiger partial charge in [0.25, 0.3) is 0 Å². The second-order valence-corrected chi connectivity index (χ2v) is 17.0. The number of hydrogen-bond acceptors (Lipinski definition) is 0. The van der Waals surface area contributed by atoms with Gasteiger partial charge in [-0.1, -0.05) is 141 Å². The summed E-state index contributed by atoms with van der Waals surface area (Å²) in [7, 11) is -1.82. The Balaban J connectivity index is 1.45. The molecule has 36 heavy (non-hydrogen) atoms. The molecule has 0 heterocycles. The molecule has 0 amide bonds. The van der Waals surface area contributed by atoms with Crippen molar-refractivity contribution in [3.63, 3.8) is 0 Å². The van der Waals surface area contributed by atoms with E-state index in [0.717, 1.165) is 6.42 Å². The summed E-state index contributed by atoms with van der Waals surface area (Å²) < 4.78 is 0. The zero-order valence-corrected chi connectivity index (χ0v) is 24.0. The second-order valence-electron chi connectivity index (χ2n) is 12.4. The Labute approximate surface area is 219 Å². The molecule has 0 spiro atoms. The SMILES string of the molecule is CC1=CC2=C(C=CC=CC2c2ccccc2)C1[Si](C)(C)C1=C(C)C=C(c2ccc(C(C)(C)C)cc2)C1. The highest BCUT2D eigenvalue weighted by atomic mass is 28.3. The highest BCUT2D eigenvalue weighted by Crippen LogP contribution is 2.53. The summed E-state index contributed by atoms with van der Waals surface area (Å²) in [5.74, 6) is 0.328. The fraction of sp³-hybridized carbons (Fsp3) is 0.314. The van der Waals surface area contributed by atoms with Gasteiger partial charge in [-0.3, -0.25) is 0 Å². The lowest BCUT2D eigenvalue weighted by Crippen LogP contribution is -2.36. The smallest absolute Gasteiger partial charge is 0.0727 e. The van der Waals surface area contributed by atoms with Gasteiger partial charge in [0.2, 0.25) is 0 Å². The van der Waals surface area contributed by atoms with Crippen LogP contribution in [0.4, 0.5) is 0 Å². The molecule has 0 N–H and O–H groups in total. The molecule has 2 atom stereocenters. The average Bonchev–Trinajstić information content (AvgIpc) is 3.33. The van der Waals surface area contributed by atoms with E-state index in [2.05, 4.69) is 139 Å². The lowest BCUT2D eigenvalue weighted by atomic mass is 9.86. The molecule has 0 aliphatic heterocycles. The summed E-state index contributed by atoms with van der Waals surface area (Å²) in [6.07, 6.45) is 15.4. The quantitative estimate of drug-likeness (QED) is 0.376. The average molecular weight is 489 g/mol. The van der Waals surface area contributed by atoms with E-state index in [1.54, 1.807) is 16.3 Å². The Morgan fingerprint density at radius 3 is 2.17 bits per heavy atom. The third-order valence-corrected chi connectivity index (χ3v) is 12.9. The van der Waals surface area contributed by atoms with Gasteiger partial charge in [-0.2, -0.15) is 0 Å². The van der Waals surface area contributed by atoms with Crippen LogP contribution in [0, 0.1) is 0 Å². The first-order valence-electron chi connectivity index (χ1n) is 13.4. The highest BCUT2D eigenvalue weighted by molar-refractivity contribution is 6.87. The fourth-order valence-corrected chi connectivity index (χ4v) is 11.0. The van der Waals surface area contributed by atoms with Crippen molar-refractivity contribution < 1.29 is 0 Å². The van der Waals surface area contributed by atoms with Crippen LogP contribution >= 0.6 is 0 Å². The number of allylic oxidation sites excluding steroid dienone is 12. The molecule has 3 aliphatic carbocycles. The summed E-state index contributed by atoms with van der Waals surface area (Å²) in [6, 6.07) is 20.3. The lowest BCUT2D eigenvalue weighted by molar-refractivity contribution is 0.590. The van der Waals surface area contributed by atoms with Crippen molar-refractivity contribution in [2.45, 2.75) is 71.0 Å². The van der Waals surface area contributed by atoms with E-state index in [9.17, 15) is 0 Å². The third kappa shape index (κ3) is 4.39. The molecule has 3 aliphatic rings. The van der Waals surface area contributed by atoms with Gasteiger partial charge in [0, 0.05) is 11.5 Å². The van der Waals surface area contributed by atoms with Crippen molar-refractivity contribution in [1.82, 2.24) is 0 Å². The Morgan fingerprint density at radius 2 is 1.50 bits per heavy atom. The number of benzene rings is 2. The maximum absolute atomic E-state index is 2.60. The van der Waals surface area contributed by atoms with Gasteiger partial charge in [-0.25, -0.2) is 0 Å². The Bertz CT molecular complexity index is 1350. The normalized spacial score (nSPS) is 22.1. The molecule has 0 bridgehead atoms. The minimum Gasteiger partial charge on any atom is -0.0727 e. The van der Waals surface area contributed by atoms with Crippen molar-refractivity contribution >= 4 is 13.6 Å². The first kappa shape index (κ1) is 24.8. The molecular weight excluding hydrogens is 448 g/mol. The topological polar surface area (TPSA) is 0 Å². The Morgan fingerprint density at radius 1 is 0.806 bits per heavy atom. The number of hydrogen-bond donors (Lipinski definition) is 0. The van der Waals surface area contributed by atoms with Crippen LogP contribution < -0.4 is 0 Å². The second kappa shape index (κ2) is 9.20. The van der Waals surface area contributed by atoms with Crippen molar-refractivity contribution in [1.29, 1.82) is 0 Å². The maximum Gasteiger partial charge on any atom is 0.0880 e. The van der Waals surface area contributed by atoms with Crippen molar-refractivity contribution in [3.05, 3.63) is 135 Å². The molecule has 0 aromatic heterocycles. The molecule has 0 radical (unpaired) electrons. The summed E-state index contributed by atoms with van der Waals surface area (Å²) in [4.78, 5) is 0. The van der Waals surface area contributed by atoms with Gasteiger partial charge < -0.3 is 0 Å². The molecule has 0 nitrogen and oxygen atoms in total. The largest absolute Gasteiger partial charge is 0.0880 e. The van der Waals surface area contributed by atoms with Crippen LogP contribution in [0.1, 0.15) is 63.6 Å². The van der Waals surface area contributed by atoms with Crippen LogP contribution in [0.2, 0.25) is 18.6 Å². The molecule has 2 unspecified atom stereocenters. The van der Waals surface area contributed by atoms with Gasteiger partial charge in [-0.05, 0) is 59.1 Å². The zero-order valence-electron chi connectivity index (χ0n) is 23.0. The monoisotopic (exact) mass is 488 g/mol. The van der Waals surface area contributed by atoms with E-state index in [1.807, 2.05) is 0 Å². The van der Waals surface area contributed by atoms with Gasteiger partial charge in [0.15, 0.2) is 0 Å². The summed E-state index contributed by atoms with van der Waals surface area (Å²) >= 11 is 0.